The molecule has 0 aromatic heterocycles. The highest BCUT2D eigenvalue weighted by molar-refractivity contribution is 5.84. The van der Waals surface area contributed by atoms with Gasteiger partial charge in [-0.25, -0.2) is 4.99 Å². The molecule has 0 bridgehead atoms. The minimum absolute atomic E-state index is 0.0236. The van der Waals surface area contributed by atoms with Crippen LogP contribution < -0.4 is 10.6 Å². The van der Waals surface area contributed by atoms with E-state index in [9.17, 15) is 4.79 Å². The molecule has 1 aliphatic rings. The Kier molecular flexibility index (Phi) is 9.11. The van der Waals surface area contributed by atoms with Crippen LogP contribution in [0.15, 0.2) is 4.99 Å². The molecule has 0 unspecified atom stereocenters. The molecular weight excluding hydrogens is 302 g/mol. The minimum Gasteiger partial charge on any atom is -0.356 e. The molecule has 0 radical (unpaired) electrons. The van der Waals surface area contributed by atoms with Crippen molar-refractivity contribution < 1.29 is 4.79 Å². The van der Waals surface area contributed by atoms with Crippen LogP contribution in [0.25, 0.3) is 0 Å². The Hall–Kier alpha value is -1.30. The van der Waals surface area contributed by atoms with Gasteiger partial charge in [0, 0.05) is 39.1 Å². The molecule has 2 N–H and O–H groups in total. The van der Waals surface area contributed by atoms with E-state index in [-0.39, 0.29) is 12.5 Å². The number of hydrogen-bond donors (Lipinski definition) is 2. The van der Waals surface area contributed by atoms with E-state index < -0.39 is 0 Å². The SMILES string of the molecule is CCCCNC(=NCC(=O)N(C)C)NCC1(CN(C)C)CCCC1. The molecule has 6 nitrogen and oxygen atoms in total. The fourth-order valence-electron chi connectivity index (χ4n) is 3.30. The van der Waals surface area contributed by atoms with Crippen molar-refractivity contribution in [2.24, 2.45) is 10.4 Å². The first kappa shape index (κ1) is 20.7. The van der Waals surface area contributed by atoms with Gasteiger partial charge in [-0.2, -0.15) is 0 Å². The van der Waals surface area contributed by atoms with Crippen LogP contribution in [0.4, 0.5) is 0 Å². The summed E-state index contributed by atoms with van der Waals surface area (Å²) in [7, 11) is 7.81. The fraction of sp³-hybridized carbons (Fsp3) is 0.889. The molecule has 140 valence electrons. The van der Waals surface area contributed by atoms with E-state index in [0.717, 1.165) is 38.4 Å². The number of unbranched alkanes of at least 4 members (excludes halogenated alkanes) is 1. The number of aliphatic imine (C=N–C) groups is 1. The largest absolute Gasteiger partial charge is 0.356 e. The smallest absolute Gasteiger partial charge is 0.243 e. The number of nitrogens with one attached hydrogen (secondary N) is 2. The lowest BCUT2D eigenvalue weighted by Gasteiger charge is -2.33. The van der Waals surface area contributed by atoms with Gasteiger partial charge < -0.3 is 20.4 Å². The summed E-state index contributed by atoms with van der Waals surface area (Å²) in [6, 6.07) is 0. The van der Waals surface area contributed by atoms with Crippen molar-refractivity contribution in [3.05, 3.63) is 0 Å². The van der Waals surface area contributed by atoms with E-state index in [4.69, 9.17) is 0 Å². The number of carbonyl (C=O) groups excluding carboxylic acids is 1. The highest BCUT2D eigenvalue weighted by Crippen LogP contribution is 2.37. The van der Waals surface area contributed by atoms with Gasteiger partial charge in [0.25, 0.3) is 0 Å². The molecule has 1 saturated carbocycles. The lowest BCUT2D eigenvalue weighted by Crippen LogP contribution is -2.46. The van der Waals surface area contributed by atoms with Gasteiger partial charge >= 0.3 is 0 Å². The first-order valence-electron chi connectivity index (χ1n) is 9.25. The molecule has 0 aliphatic heterocycles. The summed E-state index contributed by atoms with van der Waals surface area (Å²) >= 11 is 0. The maximum Gasteiger partial charge on any atom is 0.243 e. The average Bonchev–Trinajstić information content (AvgIpc) is 2.97. The molecule has 0 heterocycles. The van der Waals surface area contributed by atoms with Crippen molar-refractivity contribution in [2.45, 2.75) is 45.4 Å². The highest BCUT2D eigenvalue weighted by atomic mass is 16.2. The second-order valence-electron chi connectivity index (χ2n) is 7.53. The summed E-state index contributed by atoms with van der Waals surface area (Å²) < 4.78 is 0. The third-order valence-electron chi connectivity index (χ3n) is 4.64. The van der Waals surface area contributed by atoms with Crippen LogP contribution in [0, 0.1) is 5.41 Å². The Labute approximate surface area is 148 Å². The van der Waals surface area contributed by atoms with E-state index >= 15 is 0 Å². The van der Waals surface area contributed by atoms with E-state index in [1.54, 1.807) is 19.0 Å². The maximum absolute atomic E-state index is 11.8. The van der Waals surface area contributed by atoms with E-state index in [0.29, 0.717) is 5.41 Å². The highest BCUT2D eigenvalue weighted by Gasteiger charge is 2.34. The zero-order valence-corrected chi connectivity index (χ0v) is 16.3. The van der Waals surface area contributed by atoms with Gasteiger partial charge in [-0.3, -0.25) is 4.79 Å². The molecule has 0 atom stereocenters. The van der Waals surface area contributed by atoms with Crippen LogP contribution in [-0.2, 0) is 4.79 Å². The molecule has 0 aromatic carbocycles. The van der Waals surface area contributed by atoms with Crippen molar-refractivity contribution in [1.82, 2.24) is 20.4 Å². The Balaban J connectivity index is 2.64. The van der Waals surface area contributed by atoms with Gasteiger partial charge in [-0.1, -0.05) is 26.2 Å². The first-order valence-corrected chi connectivity index (χ1v) is 9.25. The molecular formula is C18H37N5O. The van der Waals surface area contributed by atoms with Crippen LogP contribution in [0.3, 0.4) is 0 Å². The fourth-order valence-corrected chi connectivity index (χ4v) is 3.30. The maximum atomic E-state index is 11.8. The molecule has 0 saturated heterocycles. The lowest BCUT2D eigenvalue weighted by molar-refractivity contribution is -0.127. The van der Waals surface area contributed by atoms with Crippen LogP contribution in [-0.4, -0.2) is 76.0 Å². The lowest BCUT2D eigenvalue weighted by atomic mass is 9.85. The van der Waals surface area contributed by atoms with Crippen LogP contribution in [0.1, 0.15) is 45.4 Å². The minimum atomic E-state index is 0.0236. The van der Waals surface area contributed by atoms with E-state index in [1.165, 1.54) is 25.7 Å². The number of amides is 1. The number of hydrogen-bond acceptors (Lipinski definition) is 3. The average molecular weight is 340 g/mol. The Morgan fingerprint density at radius 1 is 1.12 bits per heavy atom. The third-order valence-corrected chi connectivity index (χ3v) is 4.64. The third kappa shape index (κ3) is 7.51. The van der Waals surface area contributed by atoms with Crippen molar-refractivity contribution in [3.63, 3.8) is 0 Å². The van der Waals surface area contributed by atoms with Crippen molar-refractivity contribution >= 4 is 11.9 Å². The van der Waals surface area contributed by atoms with Gasteiger partial charge in [0.15, 0.2) is 5.96 Å². The molecule has 1 fully saturated rings. The summed E-state index contributed by atoms with van der Waals surface area (Å²) in [5, 5.41) is 6.87. The molecule has 1 amide bonds. The molecule has 6 heteroatoms. The topological polar surface area (TPSA) is 60.0 Å². The van der Waals surface area contributed by atoms with E-state index in [2.05, 4.69) is 41.5 Å². The molecule has 24 heavy (non-hydrogen) atoms. The molecule has 0 spiro atoms. The molecule has 1 aliphatic carbocycles. The number of likely N-dealkylation sites (N-methyl/N-ethyl adjacent to an activating group) is 1. The van der Waals surface area contributed by atoms with E-state index in [1.807, 2.05) is 0 Å². The van der Waals surface area contributed by atoms with Gasteiger partial charge in [0.05, 0.1) is 0 Å². The van der Waals surface area contributed by atoms with Crippen LogP contribution in [0.2, 0.25) is 0 Å². The molecule has 0 aromatic rings. The number of nitrogens with zero attached hydrogens (tertiary/aromatic N) is 3. The number of rotatable bonds is 9. The number of guanidine groups is 1. The van der Waals surface area contributed by atoms with Crippen LogP contribution >= 0.6 is 0 Å². The Morgan fingerprint density at radius 2 is 1.79 bits per heavy atom. The standard InChI is InChI=1S/C18H37N5O/c1-6-7-12-19-17(20-13-16(24)23(4)5)21-14-18(15-22(2)3)10-8-9-11-18/h6-15H2,1-5H3,(H2,19,20,21). The van der Waals surface area contributed by atoms with Crippen molar-refractivity contribution in [2.75, 3.05) is 54.4 Å². The van der Waals surface area contributed by atoms with Crippen molar-refractivity contribution in [3.8, 4) is 0 Å². The predicted molar refractivity (Wildman–Crippen MR) is 101 cm³/mol. The predicted octanol–water partition coefficient (Wildman–Crippen LogP) is 1.53. The summed E-state index contributed by atoms with van der Waals surface area (Å²) in [6.07, 6.45) is 7.38. The van der Waals surface area contributed by atoms with Crippen LogP contribution in [0.5, 0.6) is 0 Å². The van der Waals surface area contributed by atoms with Gasteiger partial charge in [-0.05, 0) is 33.4 Å². The second kappa shape index (κ2) is 10.5. The Bertz CT molecular complexity index is 400. The zero-order valence-electron chi connectivity index (χ0n) is 16.3. The van der Waals surface area contributed by atoms with Gasteiger partial charge in [-0.15, -0.1) is 0 Å². The Morgan fingerprint density at radius 3 is 2.33 bits per heavy atom. The normalized spacial score (nSPS) is 17.2. The zero-order chi connectivity index (χ0) is 18.0. The van der Waals surface area contributed by atoms with Gasteiger partial charge in [0.2, 0.25) is 5.91 Å². The quantitative estimate of drug-likeness (QED) is 0.380. The summed E-state index contributed by atoms with van der Waals surface area (Å²) in [6.45, 7) is 5.26. The second-order valence-corrected chi connectivity index (χ2v) is 7.53. The first-order chi connectivity index (χ1) is 11.4. The van der Waals surface area contributed by atoms with Crippen molar-refractivity contribution in [1.29, 1.82) is 0 Å². The summed E-state index contributed by atoms with van der Waals surface area (Å²) in [4.78, 5) is 20.1. The summed E-state index contributed by atoms with van der Waals surface area (Å²) in [5.41, 5.74) is 0.322. The van der Waals surface area contributed by atoms with Gasteiger partial charge in [0.1, 0.15) is 6.54 Å². The summed E-state index contributed by atoms with van der Waals surface area (Å²) in [5.74, 6) is 0.791. The molecule has 1 rings (SSSR count). The monoisotopic (exact) mass is 339 g/mol. The number of carbonyl (C=O) groups is 1.